The molecule has 17 N–H and O–H groups in total. The molecule has 10 aromatic rings. The predicted octanol–water partition coefficient (Wildman–Crippen LogP) is 1.16. The van der Waals surface area contributed by atoms with Gasteiger partial charge in [-0.25, -0.2) is 59.4 Å². The van der Waals surface area contributed by atoms with Crippen molar-refractivity contribution >= 4 is 179 Å². The summed E-state index contributed by atoms with van der Waals surface area (Å²) >= 11 is 33.5. The number of ether oxygens (including phenoxy) is 6. The highest BCUT2D eigenvalue weighted by Crippen LogP contribution is 2.58. The lowest BCUT2D eigenvalue weighted by atomic mass is 10.1. The van der Waals surface area contributed by atoms with E-state index in [4.69, 9.17) is 176 Å². The zero-order chi connectivity index (χ0) is 90.3. The number of nitrogen functional groups attached to an aromatic ring is 4. The van der Waals surface area contributed by atoms with Crippen molar-refractivity contribution < 1.29 is 112 Å². The topological polar surface area (TPSA) is 696 Å². The maximum atomic E-state index is 13.4. The molecule has 16 heterocycles. The van der Waals surface area contributed by atoms with Crippen LogP contribution in [-0.2, 0) is 154 Å². The molecule has 6 aliphatic heterocycles. The summed E-state index contributed by atoms with van der Waals surface area (Å²) in [5.74, 6) is -0.126. The maximum absolute atomic E-state index is 13.4. The van der Waals surface area contributed by atoms with Gasteiger partial charge >= 0.3 is 51.7 Å². The Labute approximate surface area is 743 Å². The van der Waals surface area contributed by atoms with Crippen LogP contribution in [0.5, 0.6) is 0 Å². The number of aromatic nitrogens is 20. The second-order valence-corrected chi connectivity index (χ2v) is 46.3. The fourth-order valence-electron chi connectivity index (χ4n) is 15.1. The first kappa shape index (κ1) is 93.7. The van der Waals surface area contributed by atoms with E-state index < -0.39 is 212 Å². The lowest BCUT2D eigenvalue weighted by Gasteiger charge is -2.28. The quantitative estimate of drug-likeness (QED) is 0.0248. The second kappa shape index (κ2) is 37.5. The van der Waals surface area contributed by atoms with Crippen LogP contribution in [0.1, 0.15) is 100 Å². The Bertz CT molecular complexity index is 6470. The third-order valence-corrected chi connectivity index (χ3v) is 30.7. The Hall–Kier alpha value is -6.50. The molecule has 6 saturated heterocycles. The van der Waals surface area contributed by atoms with Crippen LogP contribution < -0.4 is 51.0 Å². The Kier molecular flexibility index (Phi) is 27.7. The normalized spacial score (nSPS) is 29.3. The molecule has 0 radical (unpaired) electrons. The van der Waals surface area contributed by atoms with Gasteiger partial charge in [-0.15, -0.1) is 0 Å². The Morgan fingerprint density at radius 1 is 0.378 bits per heavy atom. The van der Waals surface area contributed by atoms with Crippen molar-refractivity contribution in [3.8, 4) is 0 Å². The van der Waals surface area contributed by atoms with Gasteiger partial charge in [0.1, 0.15) is 103 Å². The Balaban J connectivity index is 0.614. The van der Waals surface area contributed by atoms with Gasteiger partial charge in [0, 0.05) is 69.2 Å². The number of nitrogens with two attached hydrogens (primary N) is 4. The molecule has 16 rings (SSSR count). The first-order valence-electron chi connectivity index (χ1n) is 38.1. The van der Waals surface area contributed by atoms with E-state index in [0.717, 1.165) is 11.7 Å². The molecule has 0 spiro atoms. The number of nitrogens with zero attached hydrogens (tertiary/aromatic N) is 17. The average molecular weight is 2000 g/mol. The minimum absolute atomic E-state index is 0.0131. The summed E-state index contributed by atoms with van der Waals surface area (Å²) in [6.45, 7) is -25.0. The molecular weight excluding hydrogens is 1920 g/mol. The minimum atomic E-state index is -4.63. The lowest BCUT2D eigenvalue weighted by molar-refractivity contribution is -0.0561. The zero-order valence-corrected chi connectivity index (χ0v) is 76.5. The molecule has 6 fully saturated rings. The van der Waals surface area contributed by atoms with E-state index in [1.54, 1.807) is 6.92 Å². The van der Waals surface area contributed by atoms with Crippen molar-refractivity contribution in [2.45, 2.75) is 176 Å². The van der Waals surface area contributed by atoms with Crippen molar-refractivity contribution in [1.82, 2.24) is 97.2 Å². The highest BCUT2D eigenvalue weighted by Gasteiger charge is 2.51. The van der Waals surface area contributed by atoms with Gasteiger partial charge in [-0.3, -0.25) is 56.7 Å². The van der Waals surface area contributed by atoms with Crippen LogP contribution in [-0.4, -0.2) is 240 Å². The highest BCUT2D eigenvalue weighted by atomic mass is 32.5. The number of hydrogen-bond donors (Lipinski definition) is 13. The molecule has 24 atom stereocenters. The van der Waals surface area contributed by atoms with Crippen molar-refractivity contribution in [3.63, 3.8) is 0 Å². The second-order valence-electron chi connectivity index (χ2n) is 29.4. The van der Waals surface area contributed by atoms with Gasteiger partial charge in [0.05, 0.1) is 101 Å². The van der Waals surface area contributed by atoms with Crippen LogP contribution in [0.4, 0.5) is 23.4 Å². The van der Waals surface area contributed by atoms with Crippen LogP contribution in [0.15, 0.2) is 80.7 Å². The molecule has 688 valence electrons. The average Bonchev–Trinajstić information content (AvgIpc) is 1.63. The van der Waals surface area contributed by atoms with Gasteiger partial charge in [-0.05, 0) is 91.1 Å². The molecule has 127 heavy (non-hydrogen) atoms. The summed E-state index contributed by atoms with van der Waals surface area (Å²) in [6, 6.07) is 0. The zero-order valence-electron chi connectivity index (χ0n) is 66.2. The van der Waals surface area contributed by atoms with E-state index in [1.807, 2.05) is 0 Å². The van der Waals surface area contributed by atoms with Gasteiger partial charge < -0.3 is 135 Å². The van der Waals surface area contributed by atoms with Gasteiger partial charge in [0.25, 0.3) is 16.7 Å². The van der Waals surface area contributed by atoms with Crippen LogP contribution in [0.3, 0.4) is 0 Å². The highest BCUT2D eigenvalue weighted by molar-refractivity contribution is 8.08. The monoisotopic (exact) mass is 2000 g/mol. The number of imidazole rings is 4. The molecule has 0 aliphatic carbocycles. The molecular formula is C62H80N24O29P6S6. The molecule has 53 nitrogen and oxygen atoms in total. The summed E-state index contributed by atoms with van der Waals surface area (Å²) in [5.41, 5.74) is 22.4. The number of rotatable bonds is 35. The maximum Gasteiger partial charge on any atom is 0.330 e. The van der Waals surface area contributed by atoms with Crippen LogP contribution in [0, 0.1) is 13.8 Å². The Morgan fingerprint density at radius 2 is 0.646 bits per heavy atom. The summed E-state index contributed by atoms with van der Waals surface area (Å²) in [4.78, 5) is 189. The summed E-state index contributed by atoms with van der Waals surface area (Å²) in [6.07, 6.45) is -9.97. The predicted molar refractivity (Wildman–Crippen MR) is 460 cm³/mol. The lowest BCUT2D eigenvalue weighted by Crippen LogP contribution is -2.33. The van der Waals surface area contributed by atoms with E-state index in [-0.39, 0.29) is 118 Å². The fourth-order valence-corrected chi connectivity index (χ4v) is 23.4. The van der Waals surface area contributed by atoms with Gasteiger partial charge in [-0.1, -0.05) is 6.92 Å². The smallest absolute Gasteiger partial charge is 0.330 e. The number of aryl methyl sites for hydroxylation is 2. The number of anilines is 4. The van der Waals surface area contributed by atoms with Gasteiger partial charge in [-0.2, -0.15) is 4.98 Å². The van der Waals surface area contributed by atoms with E-state index in [0.29, 0.717) is 6.42 Å². The van der Waals surface area contributed by atoms with Gasteiger partial charge in [0.15, 0.2) is 45.6 Å². The summed E-state index contributed by atoms with van der Waals surface area (Å²) in [7, 11) is 1.13. The molecule has 0 bridgehead atoms. The largest absolute Gasteiger partial charge is 0.382 e. The molecule has 65 heteroatoms. The molecule has 6 unspecified atom stereocenters. The van der Waals surface area contributed by atoms with Crippen molar-refractivity contribution in [2.75, 3.05) is 63.1 Å². The molecule has 0 saturated carbocycles. The number of fused-ring (bicyclic) bond motifs is 4. The van der Waals surface area contributed by atoms with Crippen molar-refractivity contribution in [3.05, 3.63) is 120 Å². The van der Waals surface area contributed by atoms with E-state index in [2.05, 4.69) is 69.8 Å². The van der Waals surface area contributed by atoms with Crippen LogP contribution in [0.2, 0.25) is 0 Å². The van der Waals surface area contributed by atoms with E-state index >= 15 is 0 Å². The van der Waals surface area contributed by atoms with Crippen LogP contribution >= 0.6 is 40.3 Å². The molecule has 6 aliphatic rings. The summed E-state index contributed by atoms with van der Waals surface area (Å²) in [5, 5.41) is 0. The van der Waals surface area contributed by atoms with E-state index in [1.165, 1.54) is 93.4 Å². The molecule has 0 aromatic carbocycles. The minimum Gasteiger partial charge on any atom is -0.382 e. The third-order valence-electron chi connectivity index (χ3n) is 21.1. The first-order chi connectivity index (χ1) is 60.2. The Morgan fingerprint density at radius 3 is 0.945 bits per heavy atom. The number of aromatic amines is 3. The number of hydrogen-bond acceptors (Lipinski definition) is 44. The standard InChI is InChI=1S/C62H80N24O29P6S6/c1-5-28-29(6-40(104-28)81-12-26(2)57(87)79-61(81)90)111-117(93,123)99-16-37-32(9-42(106-37)83-22-73-46-50(63)67-19-70-53(46)83)114-120(96,126)102-18-39-34(11-44(108-39)85-24-75-48-52(65)69-21-72-55(48)85)115-121(97,127)103-17-38-33(10-43(107-38)84-23-74-47-51(64)68-20-71-54(47)84)113-119(95,125)101-15-36-31(7-41(105-36)82-13-27(3)58(88)80-62(82)91)112-118(94,124)100-14-35-30(110-116(92,122)98-4)8-45(109-35)86-25-76-49-56(86)77-60(66)78-59(49)89/h12-13,19-25,28-45H,5-11,14-18H2,1-4H3,(H,92,122)(H,93,123)(H,94,124)(H,95,125)(H,96,126)(H,97,127)(H2,63,67,70)(H2,64,68,71)(H2,65,69,72)(H,79,87,90)(H,80,88,91)(H3,66,77,78,89)/t28-,29-,30-,31-,32-,33-,34-,35-,36-,37-,38-,39-,40-,41-,42-,43-,44-,45-,116?,117?,118?,119?,120?,121?/m1/s1. The van der Waals surface area contributed by atoms with Crippen molar-refractivity contribution in [1.29, 1.82) is 0 Å². The molecule has 10 aromatic heterocycles. The van der Waals surface area contributed by atoms with E-state index in [9.17, 15) is 53.3 Å². The number of nitrogens with one attached hydrogen (secondary N) is 3. The fraction of sp³-hybridized carbons (Fsp3) is 0.548. The van der Waals surface area contributed by atoms with Crippen LogP contribution in [0.25, 0.3) is 44.7 Å². The first-order valence-corrected chi connectivity index (χ1v) is 53.6. The summed E-state index contributed by atoms with van der Waals surface area (Å²) < 4.78 is 119. The molecule has 0 amide bonds. The van der Waals surface area contributed by atoms with Gasteiger partial charge in [0.2, 0.25) is 5.95 Å². The van der Waals surface area contributed by atoms with Crippen molar-refractivity contribution in [2.24, 2.45) is 0 Å². The SMILES string of the molecule is CC[C@H]1O[C@@H](n2cc(C)c(=O)[nH]c2=O)C[C@H]1OP(O)(=S)OC[C@H]1O[C@@H](n2cnc3c(N)ncnc32)C[C@H]1OP(O)(=S)OC[C@H]1O[C@@H](n2cnc3c(N)ncnc32)C[C@H]1OP(O)(=S)OC[C@H]1O[C@@H](n2cnc3c(N)ncnc32)C[C@H]1OP(O)(=S)OC[C@H]1O[C@@H](n2cc(C)c(=O)[nH]c2=O)C[C@H]1OP(O)(=S)OC[C@H]1O[C@@H](n2cnc3c(=O)[nH]c(N)nc32)C[C@H]1OP(O)(=S)OC. The number of H-pyrrole nitrogens is 3. The third kappa shape index (κ3) is 21.0.